The number of hydrogen-bond acceptors (Lipinski definition) is 3. The molecule has 0 aliphatic carbocycles. The zero-order valence-electron chi connectivity index (χ0n) is 14.3. The SMILES string of the molecule is CC(=O)NCC(=Cc1cccc(Br)c1)B1OC(C)(C)C(C)(C)O1. The van der Waals surface area contributed by atoms with Crippen LogP contribution in [0.1, 0.15) is 40.2 Å². The van der Waals surface area contributed by atoms with Crippen LogP contribution < -0.4 is 5.32 Å². The van der Waals surface area contributed by atoms with Gasteiger partial charge in [-0.2, -0.15) is 0 Å². The average Bonchev–Trinajstić information content (AvgIpc) is 2.63. The standard InChI is InChI=1S/C17H23BBrNO3/c1-12(21)20-11-14(9-13-7-6-8-15(19)10-13)18-22-16(2,3)17(4,5)23-18/h6-10H,11H2,1-5H3,(H,20,21). The van der Waals surface area contributed by atoms with Crippen molar-refractivity contribution in [1.29, 1.82) is 0 Å². The first-order valence-electron chi connectivity index (χ1n) is 7.67. The maximum absolute atomic E-state index is 11.3. The van der Waals surface area contributed by atoms with Gasteiger partial charge in [0.2, 0.25) is 5.91 Å². The molecule has 1 amide bonds. The van der Waals surface area contributed by atoms with Gasteiger partial charge in [0.25, 0.3) is 0 Å². The van der Waals surface area contributed by atoms with E-state index in [1.165, 1.54) is 6.92 Å². The van der Waals surface area contributed by atoms with Crippen molar-refractivity contribution in [2.45, 2.75) is 45.8 Å². The van der Waals surface area contributed by atoms with Crippen LogP contribution in [0.2, 0.25) is 0 Å². The van der Waals surface area contributed by atoms with Crippen molar-refractivity contribution in [3.8, 4) is 0 Å². The Morgan fingerprint density at radius 3 is 2.39 bits per heavy atom. The Balaban J connectivity index is 2.30. The molecule has 4 nitrogen and oxygen atoms in total. The highest BCUT2D eigenvalue weighted by molar-refractivity contribution is 9.10. The molecule has 1 saturated heterocycles. The van der Waals surface area contributed by atoms with Gasteiger partial charge in [-0.25, -0.2) is 0 Å². The van der Waals surface area contributed by atoms with Crippen molar-refractivity contribution in [2.24, 2.45) is 0 Å². The number of nitrogens with one attached hydrogen (secondary N) is 1. The van der Waals surface area contributed by atoms with E-state index >= 15 is 0 Å². The van der Waals surface area contributed by atoms with Crippen LogP contribution in [0.15, 0.2) is 34.2 Å². The lowest BCUT2D eigenvalue weighted by Gasteiger charge is -2.32. The Labute approximate surface area is 146 Å². The predicted molar refractivity (Wildman–Crippen MR) is 96.9 cm³/mol. The summed E-state index contributed by atoms with van der Waals surface area (Å²) in [7, 11) is -0.481. The summed E-state index contributed by atoms with van der Waals surface area (Å²) in [5.41, 5.74) is 1.08. The molecule has 0 bridgehead atoms. The summed E-state index contributed by atoms with van der Waals surface area (Å²) in [5.74, 6) is -0.0818. The first kappa shape index (κ1) is 18.2. The quantitative estimate of drug-likeness (QED) is 0.813. The molecule has 1 N–H and O–H groups in total. The van der Waals surface area contributed by atoms with E-state index in [2.05, 4.69) is 21.2 Å². The number of hydrogen-bond donors (Lipinski definition) is 1. The molecule has 1 aromatic carbocycles. The maximum atomic E-state index is 11.3. The minimum atomic E-state index is -0.481. The van der Waals surface area contributed by atoms with Crippen molar-refractivity contribution in [2.75, 3.05) is 6.54 Å². The molecule has 0 aromatic heterocycles. The van der Waals surface area contributed by atoms with Crippen LogP contribution in [0.25, 0.3) is 6.08 Å². The van der Waals surface area contributed by atoms with Gasteiger partial charge in [0.05, 0.1) is 11.2 Å². The number of amides is 1. The van der Waals surface area contributed by atoms with Gasteiger partial charge >= 0.3 is 7.12 Å². The first-order valence-corrected chi connectivity index (χ1v) is 8.46. The summed E-state index contributed by atoms with van der Waals surface area (Å²) < 4.78 is 13.2. The average molecular weight is 380 g/mol. The van der Waals surface area contributed by atoms with Crippen LogP contribution >= 0.6 is 15.9 Å². The van der Waals surface area contributed by atoms with Gasteiger partial charge in [0, 0.05) is 17.9 Å². The van der Waals surface area contributed by atoms with E-state index in [1.807, 2.05) is 58.0 Å². The molecule has 1 aliphatic heterocycles. The van der Waals surface area contributed by atoms with Gasteiger partial charge in [-0.05, 0) is 50.9 Å². The Kier molecular flexibility index (Phi) is 5.39. The lowest BCUT2D eigenvalue weighted by molar-refractivity contribution is -0.118. The molecule has 2 rings (SSSR count). The fourth-order valence-electron chi connectivity index (χ4n) is 2.23. The van der Waals surface area contributed by atoms with E-state index in [4.69, 9.17) is 9.31 Å². The van der Waals surface area contributed by atoms with Crippen molar-refractivity contribution in [1.82, 2.24) is 5.32 Å². The van der Waals surface area contributed by atoms with E-state index in [0.717, 1.165) is 15.5 Å². The maximum Gasteiger partial charge on any atom is 0.492 e. The van der Waals surface area contributed by atoms with E-state index in [9.17, 15) is 4.79 Å². The van der Waals surface area contributed by atoms with Crippen LogP contribution in [0.4, 0.5) is 0 Å². The Hall–Kier alpha value is -1.11. The molecule has 0 radical (unpaired) electrons. The van der Waals surface area contributed by atoms with E-state index in [1.54, 1.807) is 0 Å². The second kappa shape index (κ2) is 6.79. The van der Waals surface area contributed by atoms with Crippen LogP contribution in [0.5, 0.6) is 0 Å². The number of halogens is 1. The summed E-state index contributed by atoms with van der Waals surface area (Å²) in [5, 5.41) is 2.83. The van der Waals surface area contributed by atoms with Gasteiger partial charge in [-0.1, -0.05) is 34.1 Å². The summed E-state index contributed by atoms with van der Waals surface area (Å²) in [6, 6.07) is 7.96. The zero-order chi connectivity index (χ0) is 17.3. The molecule has 1 fully saturated rings. The lowest BCUT2D eigenvalue weighted by Crippen LogP contribution is -2.41. The Bertz CT molecular complexity index is 612. The molecule has 0 spiro atoms. The monoisotopic (exact) mass is 379 g/mol. The highest BCUT2D eigenvalue weighted by atomic mass is 79.9. The molecule has 1 aromatic rings. The summed E-state index contributed by atoms with van der Waals surface area (Å²) in [4.78, 5) is 11.3. The van der Waals surface area contributed by atoms with Crippen molar-refractivity contribution >= 4 is 35.0 Å². The molecule has 1 heterocycles. The topological polar surface area (TPSA) is 47.6 Å². The van der Waals surface area contributed by atoms with Gasteiger partial charge in [0.1, 0.15) is 0 Å². The summed E-state index contributed by atoms with van der Waals surface area (Å²) >= 11 is 3.47. The minimum absolute atomic E-state index is 0.0818. The Morgan fingerprint density at radius 2 is 1.87 bits per heavy atom. The Morgan fingerprint density at radius 1 is 1.26 bits per heavy atom. The predicted octanol–water partition coefficient (Wildman–Crippen LogP) is 3.60. The number of carbonyl (C=O) groups excluding carboxylic acids is 1. The molecule has 124 valence electrons. The number of carbonyl (C=O) groups is 1. The van der Waals surface area contributed by atoms with Crippen LogP contribution in [-0.2, 0) is 14.1 Å². The second-order valence-corrected chi connectivity index (χ2v) is 7.69. The van der Waals surface area contributed by atoms with Crippen LogP contribution in [0, 0.1) is 0 Å². The fraction of sp³-hybridized carbons (Fsp3) is 0.471. The largest absolute Gasteiger partial charge is 0.492 e. The van der Waals surface area contributed by atoms with E-state index in [0.29, 0.717) is 6.54 Å². The highest BCUT2D eigenvalue weighted by Crippen LogP contribution is 2.38. The normalized spacial score (nSPS) is 19.7. The van der Waals surface area contributed by atoms with Crippen molar-refractivity contribution in [3.63, 3.8) is 0 Å². The highest BCUT2D eigenvalue weighted by Gasteiger charge is 2.52. The third kappa shape index (κ3) is 4.46. The number of rotatable bonds is 4. The molecular weight excluding hydrogens is 357 g/mol. The van der Waals surface area contributed by atoms with Gasteiger partial charge in [-0.3, -0.25) is 4.79 Å². The van der Waals surface area contributed by atoms with Gasteiger partial charge < -0.3 is 14.6 Å². The minimum Gasteiger partial charge on any atom is -0.400 e. The van der Waals surface area contributed by atoms with Gasteiger partial charge in [0.15, 0.2) is 0 Å². The second-order valence-electron chi connectivity index (χ2n) is 6.77. The van der Waals surface area contributed by atoms with Crippen molar-refractivity contribution in [3.05, 3.63) is 39.8 Å². The molecule has 23 heavy (non-hydrogen) atoms. The molecule has 0 saturated carbocycles. The molecule has 0 atom stereocenters. The van der Waals surface area contributed by atoms with Gasteiger partial charge in [-0.15, -0.1) is 0 Å². The third-order valence-corrected chi connectivity index (χ3v) is 4.79. The van der Waals surface area contributed by atoms with Crippen molar-refractivity contribution < 1.29 is 14.1 Å². The zero-order valence-corrected chi connectivity index (χ0v) is 15.9. The third-order valence-electron chi connectivity index (χ3n) is 4.30. The molecular formula is C17H23BBrNO3. The number of benzene rings is 1. The summed E-state index contributed by atoms with van der Waals surface area (Å²) in [6.45, 7) is 9.95. The van der Waals surface area contributed by atoms with Crippen LogP contribution in [-0.4, -0.2) is 30.8 Å². The molecule has 0 unspecified atom stereocenters. The van der Waals surface area contributed by atoms with E-state index in [-0.39, 0.29) is 5.91 Å². The molecule has 1 aliphatic rings. The van der Waals surface area contributed by atoms with Crippen LogP contribution in [0.3, 0.4) is 0 Å². The fourth-order valence-corrected chi connectivity index (χ4v) is 2.65. The molecule has 6 heteroatoms. The first-order chi connectivity index (χ1) is 10.6. The smallest absolute Gasteiger partial charge is 0.400 e. The lowest BCUT2D eigenvalue weighted by atomic mass is 9.77. The van der Waals surface area contributed by atoms with E-state index < -0.39 is 18.3 Å². The summed E-state index contributed by atoms with van der Waals surface area (Å²) in [6.07, 6.45) is 2.00.